The number of carbonyl (C=O) groups is 1. The van der Waals surface area contributed by atoms with Crippen molar-refractivity contribution in [1.82, 2.24) is 19.8 Å². The van der Waals surface area contributed by atoms with Crippen LogP contribution in [0.15, 0.2) is 23.0 Å². The zero-order chi connectivity index (χ0) is 14.4. The summed E-state index contributed by atoms with van der Waals surface area (Å²) in [7, 11) is 1.89. The van der Waals surface area contributed by atoms with E-state index in [1.807, 2.05) is 30.4 Å². The summed E-state index contributed by atoms with van der Waals surface area (Å²) in [4.78, 5) is 14.6. The van der Waals surface area contributed by atoms with Crippen LogP contribution in [-0.4, -0.2) is 32.3 Å². The van der Waals surface area contributed by atoms with Crippen molar-refractivity contribution in [3.05, 3.63) is 35.5 Å². The van der Waals surface area contributed by atoms with E-state index in [1.165, 1.54) is 0 Å². The Morgan fingerprint density at radius 3 is 2.95 bits per heavy atom. The third kappa shape index (κ3) is 2.24. The highest BCUT2D eigenvalue weighted by Gasteiger charge is 2.34. The molecule has 1 atom stereocenters. The first kappa shape index (κ1) is 12.6. The summed E-state index contributed by atoms with van der Waals surface area (Å²) in [5.41, 5.74) is 1.53. The normalized spacial score (nSPS) is 22.0. The van der Waals surface area contributed by atoms with Gasteiger partial charge in [0.05, 0.1) is 12.2 Å². The molecule has 6 heteroatoms. The second-order valence-electron chi connectivity index (χ2n) is 5.99. The van der Waals surface area contributed by atoms with Crippen molar-refractivity contribution in [2.45, 2.75) is 37.6 Å². The Bertz CT molecular complexity index is 671. The van der Waals surface area contributed by atoms with E-state index in [2.05, 4.69) is 10.3 Å². The fraction of sp³-hybridized carbons (Fsp3) is 0.533. The van der Waals surface area contributed by atoms with Crippen LogP contribution in [0.4, 0.5) is 0 Å². The molecular formula is C15H18N4O2. The largest absolute Gasteiger partial charge is 0.360 e. The van der Waals surface area contributed by atoms with E-state index in [4.69, 9.17) is 4.52 Å². The highest BCUT2D eigenvalue weighted by Crippen LogP contribution is 2.40. The molecule has 110 valence electrons. The van der Waals surface area contributed by atoms with E-state index in [-0.39, 0.29) is 11.9 Å². The minimum absolute atomic E-state index is 0.0306. The van der Waals surface area contributed by atoms with Gasteiger partial charge in [0, 0.05) is 37.3 Å². The molecule has 3 heterocycles. The third-order valence-electron chi connectivity index (χ3n) is 4.35. The van der Waals surface area contributed by atoms with Crippen LogP contribution < -0.4 is 0 Å². The maximum Gasteiger partial charge on any atom is 0.276 e. The minimum Gasteiger partial charge on any atom is -0.360 e. The molecule has 2 aromatic heterocycles. The predicted molar refractivity (Wildman–Crippen MR) is 74.7 cm³/mol. The highest BCUT2D eigenvalue weighted by atomic mass is 16.5. The Balaban J connectivity index is 1.56. The van der Waals surface area contributed by atoms with E-state index in [9.17, 15) is 4.79 Å². The lowest BCUT2D eigenvalue weighted by molar-refractivity contribution is 0.0725. The van der Waals surface area contributed by atoms with Crippen molar-refractivity contribution in [1.29, 1.82) is 0 Å². The number of hydrogen-bond acceptors (Lipinski definition) is 4. The van der Waals surface area contributed by atoms with Crippen LogP contribution in [-0.2, 0) is 7.05 Å². The van der Waals surface area contributed by atoms with Crippen LogP contribution in [0.3, 0.4) is 0 Å². The second-order valence-corrected chi connectivity index (χ2v) is 5.99. The van der Waals surface area contributed by atoms with Crippen molar-refractivity contribution < 1.29 is 9.32 Å². The lowest BCUT2D eigenvalue weighted by Gasteiger charge is -2.22. The maximum atomic E-state index is 12.7. The highest BCUT2D eigenvalue weighted by molar-refractivity contribution is 5.92. The van der Waals surface area contributed by atoms with E-state index in [0.29, 0.717) is 11.6 Å². The smallest absolute Gasteiger partial charge is 0.276 e. The van der Waals surface area contributed by atoms with Gasteiger partial charge in [0.15, 0.2) is 5.69 Å². The van der Waals surface area contributed by atoms with Crippen molar-refractivity contribution in [2.75, 3.05) is 6.54 Å². The molecule has 0 radical (unpaired) electrons. The van der Waals surface area contributed by atoms with Gasteiger partial charge in [-0.25, -0.2) is 0 Å². The van der Waals surface area contributed by atoms with Crippen LogP contribution in [0.25, 0.3) is 0 Å². The number of likely N-dealkylation sites (tertiary alicyclic amines) is 1. The Kier molecular flexibility index (Phi) is 2.83. The number of rotatable bonds is 3. The number of nitrogens with zero attached hydrogens (tertiary/aromatic N) is 4. The SMILES string of the molecule is Cn1cc([C@@H]2CCCN2C(=O)c2cc(C3CC3)on2)cn1. The summed E-state index contributed by atoms with van der Waals surface area (Å²) in [5, 5.41) is 8.18. The van der Waals surface area contributed by atoms with Crippen LogP contribution in [0.1, 0.15) is 59.5 Å². The summed E-state index contributed by atoms with van der Waals surface area (Å²) >= 11 is 0. The van der Waals surface area contributed by atoms with E-state index in [0.717, 1.165) is 43.6 Å². The zero-order valence-electron chi connectivity index (χ0n) is 12.0. The molecule has 4 rings (SSSR count). The number of carbonyl (C=O) groups excluding carboxylic acids is 1. The zero-order valence-corrected chi connectivity index (χ0v) is 12.0. The first-order valence-electron chi connectivity index (χ1n) is 7.48. The minimum atomic E-state index is -0.0306. The summed E-state index contributed by atoms with van der Waals surface area (Å²) in [6.07, 6.45) is 8.10. The first-order chi connectivity index (χ1) is 10.2. The lowest BCUT2D eigenvalue weighted by atomic mass is 10.1. The summed E-state index contributed by atoms with van der Waals surface area (Å²) in [6.45, 7) is 0.768. The molecule has 0 aromatic carbocycles. The van der Waals surface area contributed by atoms with Gasteiger partial charge >= 0.3 is 0 Å². The van der Waals surface area contributed by atoms with E-state index < -0.39 is 0 Å². The number of aromatic nitrogens is 3. The molecule has 0 spiro atoms. The van der Waals surface area contributed by atoms with Crippen LogP contribution in [0, 0.1) is 0 Å². The molecule has 2 aromatic rings. The Hall–Kier alpha value is -2.11. The quantitative estimate of drug-likeness (QED) is 0.868. The monoisotopic (exact) mass is 286 g/mol. The molecule has 0 N–H and O–H groups in total. The second kappa shape index (κ2) is 4.72. The Labute approximate surface area is 122 Å². The van der Waals surface area contributed by atoms with Gasteiger partial charge in [0.25, 0.3) is 5.91 Å². The number of hydrogen-bond donors (Lipinski definition) is 0. The van der Waals surface area contributed by atoms with Crippen molar-refractivity contribution >= 4 is 5.91 Å². The molecule has 1 aliphatic heterocycles. The fourth-order valence-electron chi connectivity index (χ4n) is 3.07. The number of amides is 1. The molecule has 0 bridgehead atoms. The van der Waals surface area contributed by atoms with Crippen molar-refractivity contribution in [3.63, 3.8) is 0 Å². The molecule has 1 saturated heterocycles. The molecule has 6 nitrogen and oxygen atoms in total. The number of aryl methyl sites for hydroxylation is 1. The fourth-order valence-corrected chi connectivity index (χ4v) is 3.07. The van der Waals surface area contributed by atoms with Gasteiger partial charge in [-0.1, -0.05) is 5.16 Å². The summed E-state index contributed by atoms with van der Waals surface area (Å²) < 4.78 is 7.08. The standard InChI is InChI=1S/C15H18N4O2/c1-18-9-11(8-16-18)13-3-2-6-19(13)15(20)12-7-14(21-17-12)10-4-5-10/h7-10,13H,2-6H2,1H3/t13-/m0/s1. The van der Waals surface area contributed by atoms with Gasteiger partial charge in [-0.15, -0.1) is 0 Å². The van der Waals surface area contributed by atoms with Crippen LogP contribution >= 0.6 is 0 Å². The van der Waals surface area contributed by atoms with E-state index in [1.54, 1.807) is 4.68 Å². The molecule has 1 amide bonds. The first-order valence-corrected chi connectivity index (χ1v) is 7.48. The van der Waals surface area contributed by atoms with Gasteiger partial charge in [0.1, 0.15) is 5.76 Å². The average molecular weight is 286 g/mol. The third-order valence-corrected chi connectivity index (χ3v) is 4.35. The average Bonchev–Trinajstić information content (AvgIpc) is 2.94. The van der Waals surface area contributed by atoms with Crippen LogP contribution in [0.2, 0.25) is 0 Å². The lowest BCUT2D eigenvalue weighted by Crippen LogP contribution is -2.30. The summed E-state index contributed by atoms with van der Waals surface area (Å²) in [5.74, 6) is 1.30. The molecule has 1 saturated carbocycles. The van der Waals surface area contributed by atoms with Gasteiger partial charge < -0.3 is 9.42 Å². The molecular weight excluding hydrogens is 268 g/mol. The molecule has 2 fully saturated rings. The molecule has 21 heavy (non-hydrogen) atoms. The summed E-state index contributed by atoms with van der Waals surface area (Å²) in [6, 6.07) is 1.92. The van der Waals surface area contributed by atoms with Crippen molar-refractivity contribution in [2.24, 2.45) is 7.05 Å². The predicted octanol–water partition coefficient (Wildman–Crippen LogP) is 2.26. The van der Waals surface area contributed by atoms with Gasteiger partial charge in [0.2, 0.25) is 0 Å². The molecule has 1 aliphatic carbocycles. The van der Waals surface area contributed by atoms with Crippen molar-refractivity contribution in [3.8, 4) is 0 Å². The van der Waals surface area contributed by atoms with Gasteiger partial charge in [-0.05, 0) is 25.7 Å². The molecule has 2 aliphatic rings. The topological polar surface area (TPSA) is 64.2 Å². The van der Waals surface area contributed by atoms with Gasteiger partial charge in [-0.3, -0.25) is 9.48 Å². The Morgan fingerprint density at radius 1 is 1.38 bits per heavy atom. The maximum absolute atomic E-state index is 12.7. The molecule has 0 unspecified atom stereocenters. The Morgan fingerprint density at radius 2 is 2.24 bits per heavy atom. The van der Waals surface area contributed by atoms with Gasteiger partial charge in [-0.2, -0.15) is 5.10 Å². The van der Waals surface area contributed by atoms with E-state index >= 15 is 0 Å². The van der Waals surface area contributed by atoms with Crippen LogP contribution in [0.5, 0.6) is 0 Å².